The standard InChI is InChI=1S/C27H37BrN2O6S/c1-17-9-7-12-24(31)35-21(14-18(2)28)15-23-29-20(16-37-23)10-8-11-22(25(32)34-19(3)13-17)30-26(33)36-27(4,5)6/h7,9,12,14,16,19,21-22H,8,10-11,13,15H2,1-6H3,(H,30,33)/b12-7-,17-9+,18-14+/t19-,21+,22+/m0/s1. The van der Waals surface area contributed by atoms with Gasteiger partial charge in [0.25, 0.3) is 0 Å². The van der Waals surface area contributed by atoms with E-state index in [0.717, 1.165) is 20.8 Å². The molecule has 1 aliphatic rings. The summed E-state index contributed by atoms with van der Waals surface area (Å²) in [4.78, 5) is 42.4. The Morgan fingerprint density at radius 3 is 2.68 bits per heavy atom. The molecule has 0 fully saturated rings. The van der Waals surface area contributed by atoms with Crippen molar-refractivity contribution < 1.29 is 28.6 Å². The highest BCUT2D eigenvalue weighted by atomic mass is 79.9. The number of amides is 1. The van der Waals surface area contributed by atoms with Gasteiger partial charge in [0, 0.05) is 24.3 Å². The van der Waals surface area contributed by atoms with Crippen LogP contribution in [0.1, 0.15) is 71.5 Å². The third-order valence-corrected chi connectivity index (χ3v) is 6.28. The van der Waals surface area contributed by atoms with Crippen LogP contribution in [0.15, 0.2) is 39.7 Å². The maximum absolute atomic E-state index is 13.0. The first-order valence-corrected chi connectivity index (χ1v) is 14.0. The Labute approximate surface area is 231 Å². The van der Waals surface area contributed by atoms with Crippen LogP contribution in [0.25, 0.3) is 0 Å². The number of nitrogens with one attached hydrogen (secondary N) is 1. The van der Waals surface area contributed by atoms with Crippen molar-refractivity contribution in [2.45, 2.75) is 97.5 Å². The first kappa shape index (κ1) is 30.8. The minimum atomic E-state index is -0.843. The predicted molar refractivity (Wildman–Crippen MR) is 148 cm³/mol. The molecule has 0 unspecified atom stereocenters. The maximum atomic E-state index is 13.0. The highest BCUT2D eigenvalue weighted by Gasteiger charge is 2.27. The second kappa shape index (κ2) is 14.5. The molecule has 2 rings (SSSR count). The topological polar surface area (TPSA) is 104 Å². The van der Waals surface area contributed by atoms with E-state index in [1.165, 1.54) is 17.4 Å². The van der Waals surface area contributed by atoms with E-state index in [0.29, 0.717) is 32.1 Å². The molecule has 10 heteroatoms. The highest BCUT2D eigenvalue weighted by molar-refractivity contribution is 9.11. The Balaban J connectivity index is 2.25. The highest BCUT2D eigenvalue weighted by Crippen LogP contribution is 2.19. The lowest BCUT2D eigenvalue weighted by molar-refractivity contribution is -0.151. The quantitative estimate of drug-likeness (QED) is 0.332. The van der Waals surface area contributed by atoms with Crippen molar-refractivity contribution in [2.24, 2.45) is 0 Å². The van der Waals surface area contributed by atoms with Gasteiger partial charge in [0.2, 0.25) is 0 Å². The van der Waals surface area contributed by atoms with Gasteiger partial charge in [-0.15, -0.1) is 11.3 Å². The molecular formula is C27H37BrN2O6S. The molecule has 2 heterocycles. The number of aromatic nitrogens is 1. The Morgan fingerprint density at radius 1 is 1.27 bits per heavy atom. The lowest BCUT2D eigenvalue weighted by Crippen LogP contribution is -2.45. The van der Waals surface area contributed by atoms with Gasteiger partial charge in [-0.2, -0.15) is 0 Å². The number of ether oxygens (including phenoxy) is 3. The lowest BCUT2D eigenvalue weighted by atomic mass is 10.1. The number of fused-ring (bicyclic) bond motifs is 2. The summed E-state index contributed by atoms with van der Waals surface area (Å²) in [5, 5.41) is 5.47. The van der Waals surface area contributed by atoms with Crippen molar-refractivity contribution in [3.8, 4) is 0 Å². The number of alkyl carbamates (subject to hydrolysis) is 1. The number of nitrogens with zero attached hydrogens (tertiary/aromatic N) is 1. The number of carbonyl (C=O) groups is 3. The van der Waals surface area contributed by atoms with Gasteiger partial charge in [-0.05, 0) is 71.4 Å². The number of thiazole rings is 1. The zero-order valence-corrected chi connectivity index (χ0v) is 24.7. The molecule has 3 atom stereocenters. The van der Waals surface area contributed by atoms with Crippen molar-refractivity contribution in [3.05, 3.63) is 50.4 Å². The van der Waals surface area contributed by atoms with Crippen LogP contribution >= 0.6 is 27.3 Å². The zero-order chi connectivity index (χ0) is 27.6. The molecule has 204 valence electrons. The lowest BCUT2D eigenvalue weighted by Gasteiger charge is -2.24. The van der Waals surface area contributed by atoms with E-state index in [1.54, 1.807) is 39.8 Å². The summed E-state index contributed by atoms with van der Waals surface area (Å²) in [6, 6.07) is -0.843. The summed E-state index contributed by atoms with van der Waals surface area (Å²) in [7, 11) is 0. The maximum Gasteiger partial charge on any atom is 0.408 e. The summed E-state index contributed by atoms with van der Waals surface area (Å²) in [5.74, 6) is -0.966. The minimum absolute atomic E-state index is 0.376. The average Bonchev–Trinajstić information content (AvgIpc) is 3.17. The SMILES string of the molecule is C/C(Br)=C\[C@@H]1Cc2nc(cs2)CCC[C@@H](NC(=O)OC(C)(C)C)C(=O)O[C@@H](C)C/C(C)=C/C=C\C(=O)O1. The van der Waals surface area contributed by atoms with Gasteiger partial charge in [0.05, 0.1) is 10.7 Å². The molecule has 0 saturated carbocycles. The van der Waals surface area contributed by atoms with Crippen LogP contribution in [0.5, 0.6) is 0 Å². The molecule has 0 aliphatic carbocycles. The Kier molecular flexibility index (Phi) is 12.0. The molecule has 0 aromatic carbocycles. The van der Waals surface area contributed by atoms with Crippen molar-refractivity contribution in [3.63, 3.8) is 0 Å². The molecule has 1 N–H and O–H groups in total. The molecule has 1 aromatic rings. The molecule has 2 bridgehead atoms. The summed E-state index contributed by atoms with van der Waals surface area (Å²) in [5.41, 5.74) is 1.11. The van der Waals surface area contributed by atoms with Crippen molar-refractivity contribution in [1.29, 1.82) is 0 Å². The van der Waals surface area contributed by atoms with Crippen LogP contribution < -0.4 is 5.32 Å². The molecular weight excluding hydrogens is 560 g/mol. The normalized spacial score (nSPS) is 25.3. The second-order valence-electron chi connectivity index (χ2n) is 10.1. The number of hydrogen-bond donors (Lipinski definition) is 1. The van der Waals surface area contributed by atoms with Crippen LogP contribution in [0.3, 0.4) is 0 Å². The van der Waals surface area contributed by atoms with Crippen molar-refractivity contribution in [1.82, 2.24) is 10.3 Å². The number of aryl methyl sites for hydroxylation is 1. The molecule has 1 aliphatic heterocycles. The van der Waals surface area contributed by atoms with Crippen molar-refractivity contribution >= 4 is 45.3 Å². The number of rotatable bonds is 2. The fourth-order valence-electron chi connectivity index (χ4n) is 3.63. The average molecular weight is 598 g/mol. The van der Waals surface area contributed by atoms with E-state index in [1.807, 2.05) is 25.3 Å². The molecule has 0 spiro atoms. The monoisotopic (exact) mass is 596 g/mol. The van der Waals surface area contributed by atoms with Gasteiger partial charge < -0.3 is 19.5 Å². The Morgan fingerprint density at radius 2 is 2.00 bits per heavy atom. The van der Waals surface area contributed by atoms with Gasteiger partial charge in [-0.25, -0.2) is 19.4 Å². The van der Waals surface area contributed by atoms with Crippen LogP contribution in [0.2, 0.25) is 0 Å². The third kappa shape index (κ3) is 12.6. The van der Waals surface area contributed by atoms with Crippen LogP contribution in [0, 0.1) is 0 Å². The van der Waals surface area contributed by atoms with E-state index in [2.05, 4.69) is 26.2 Å². The van der Waals surface area contributed by atoms with E-state index in [4.69, 9.17) is 14.2 Å². The zero-order valence-electron chi connectivity index (χ0n) is 22.3. The molecule has 8 nitrogen and oxygen atoms in total. The Hall–Kier alpha value is -2.46. The van der Waals surface area contributed by atoms with Gasteiger partial charge in [0.15, 0.2) is 0 Å². The predicted octanol–water partition coefficient (Wildman–Crippen LogP) is 5.95. The molecule has 0 radical (unpaired) electrons. The van der Waals surface area contributed by atoms with E-state index < -0.39 is 41.9 Å². The summed E-state index contributed by atoms with van der Waals surface area (Å²) in [6.45, 7) is 10.8. The first-order valence-electron chi connectivity index (χ1n) is 12.3. The van der Waals surface area contributed by atoms with Crippen LogP contribution in [0.4, 0.5) is 4.79 Å². The smallest absolute Gasteiger partial charge is 0.408 e. The number of halogens is 1. The second-order valence-corrected chi connectivity index (χ2v) is 12.3. The summed E-state index contributed by atoms with van der Waals surface area (Å²) in [6.07, 6.45) is 7.59. The van der Waals surface area contributed by atoms with Gasteiger partial charge in [0.1, 0.15) is 23.9 Å². The third-order valence-electron chi connectivity index (χ3n) is 5.10. The van der Waals surface area contributed by atoms with Crippen LogP contribution in [-0.2, 0) is 36.6 Å². The molecule has 0 saturated heterocycles. The first-order chi connectivity index (χ1) is 17.3. The Bertz CT molecular complexity index is 1040. The van der Waals surface area contributed by atoms with E-state index in [-0.39, 0.29) is 0 Å². The molecule has 37 heavy (non-hydrogen) atoms. The van der Waals surface area contributed by atoms with Gasteiger partial charge in [-0.3, -0.25) is 0 Å². The van der Waals surface area contributed by atoms with Gasteiger partial charge >= 0.3 is 18.0 Å². The fraction of sp³-hybridized carbons (Fsp3) is 0.556. The molecule has 1 amide bonds. The van der Waals surface area contributed by atoms with E-state index in [9.17, 15) is 14.4 Å². The summed E-state index contributed by atoms with van der Waals surface area (Å²) >= 11 is 4.91. The van der Waals surface area contributed by atoms with E-state index >= 15 is 0 Å². The fourth-order valence-corrected chi connectivity index (χ4v) is 4.80. The number of carbonyl (C=O) groups excluding carboxylic acids is 3. The number of esters is 2. The minimum Gasteiger partial charge on any atom is -0.461 e. The number of hydrogen-bond acceptors (Lipinski definition) is 8. The number of cyclic esters (lactones) is 2. The van der Waals surface area contributed by atoms with Gasteiger partial charge in [-0.1, -0.05) is 33.7 Å². The largest absolute Gasteiger partial charge is 0.461 e. The molecule has 1 aromatic heterocycles. The van der Waals surface area contributed by atoms with Crippen LogP contribution in [-0.4, -0.2) is 46.9 Å². The van der Waals surface area contributed by atoms with Crippen molar-refractivity contribution in [2.75, 3.05) is 0 Å². The number of allylic oxidation sites excluding steroid dienone is 3. The summed E-state index contributed by atoms with van der Waals surface area (Å²) < 4.78 is 17.5.